The highest BCUT2D eigenvalue weighted by Gasteiger charge is 2.21. The summed E-state index contributed by atoms with van der Waals surface area (Å²) in [6.07, 6.45) is 0. The van der Waals surface area contributed by atoms with Crippen molar-refractivity contribution >= 4 is 11.4 Å². The predicted octanol–water partition coefficient (Wildman–Crippen LogP) is 3.73. The van der Waals surface area contributed by atoms with Crippen LogP contribution in [0.4, 0.5) is 5.69 Å². The molecule has 4 rings (SSSR count). The molecule has 1 aromatic heterocycles. The number of hydrogen-bond donors (Lipinski definition) is 2. The predicted molar refractivity (Wildman–Crippen MR) is 136 cm³/mol. The number of anilines is 1. The Balaban J connectivity index is 1.89. The van der Waals surface area contributed by atoms with Crippen LogP contribution in [0.25, 0.3) is 11.4 Å². The van der Waals surface area contributed by atoms with Crippen molar-refractivity contribution in [3.63, 3.8) is 0 Å². The van der Waals surface area contributed by atoms with Crippen LogP contribution in [0.1, 0.15) is 11.3 Å². The van der Waals surface area contributed by atoms with E-state index in [-0.39, 0.29) is 11.4 Å². The van der Waals surface area contributed by atoms with Crippen LogP contribution in [0.5, 0.6) is 23.0 Å². The molecule has 36 heavy (non-hydrogen) atoms. The van der Waals surface area contributed by atoms with E-state index in [4.69, 9.17) is 18.9 Å². The van der Waals surface area contributed by atoms with E-state index in [1.54, 1.807) is 43.5 Å². The van der Waals surface area contributed by atoms with E-state index < -0.39 is 5.56 Å². The van der Waals surface area contributed by atoms with Gasteiger partial charge in [0.2, 0.25) is 5.75 Å². The number of para-hydroxylation sites is 1. The Labute approximate surface area is 207 Å². The normalized spacial score (nSPS) is 11.1. The van der Waals surface area contributed by atoms with E-state index in [9.17, 15) is 4.79 Å². The lowest BCUT2D eigenvalue weighted by molar-refractivity contribution is 0.324. The molecule has 0 atom stereocenters. The molecule has 2 N–H and O–H groups in total. The Bertz CT molecular complexity index is 1390. The van der Waals surface area contributed by atoms with Crippen molar-refractivity contribution in [1.82, 2.24) is 15.2 Å². The van der Waals surface area contributed by atoms with Crippen LogP contribution in [0.2, 0.25) is 0 Å². The van der Waals surface area contributed by atoms with Crippen molar-refractivity contribution in [2.24, 2.45) is 5.10 Å². The summed E-state index contributed by atoms with van der Waals surface area (Å²) >= 11 is 0. The zero-order valence-electron chi connectivity index (χ0n) is 20.2. The molecule has 0 aliphatic heterocycles. The molecular formula is C26H25N5O5. The highest BCUT2D eigenvalue weighted by molar-refractivity contribution is 6.12. The summed E-state index contributed by atoms with van der Waals surface area (Å²) in [7, 11) is 6.13. The molecule has 0 spiro atoms. The van der Waals surface area contributed by atoms with Crippen LogP contribution in [0.3, 0.4) is 0 Å². The van der Waals surface area contributed by atoms with Gasteiger partial charge in [-0.25, -0.2) is 10.1 Å². The second kappa shape index (κ2) is 11.0. The average molecular weight is 488 g/mol. The van der Waals surface area contributed by atoms with E-state index in [2.05, 4.69) is 25.7 Å². The van der Waals surface area contributed by atoms with Gasteiger partial charge in [0.05, 0.1) is 34.1 Å². The van der Waals surface area contributed by atoms with Crippen molar-refractivity contribution < 1.29 is 18.9 Å². The smallest absolute Gasteiger partial charge is 0.292 e. The highest BCUT2D eigenvalue weighted by Crippen LogP contribution is 2.38. The molecular weight excluding hydrogens is 462 g/mol. The molecule has 4 aromatic rings. The first-order chi connectivity index (χ1) is 17.6. The zero-order chi connectivity index (χ0) is 25.5. The topological polar surface area (TPSA) is 120 Å². The van der Waals surface area contributed by atoms with Crippen LogP contribution in [0, 0.1) is 0 Å². The molecule has 184 valence electrons. The third kappa shape index (κ3) is 5.12. The number of nitrogens with zero attached hydrogens (tertiary/aromatic N) is 3. The lowest BCUT2D eigenvalue weighted by atomic mass is 10.1. The molecule has 0 radical (unpaired) electrons. The van der Waals surface area contributed by atoms with Crippen molar-refractivity contribution in [3.8, 4) is 34.4 Å². The zero-order valence-corrected chi connectivity index (χ0v) is 20.2. The Morgan fingerprint density at radius 3 is 2.11 bits per heavy atom. The summed E-state index contributed by atoms with van der Waals surface area (Å²) in [4.78, 5) is 17.5. The number of aromatic nitrogens is 3. The molecule has 0 aliphatic rings. The van der Waals surface area contributed by atoms with Gasteiger partial charge in [-0.3, -0.25) is 10.2 Å². The van der Waals surface area contributed by atoms with Gasteiger partial charge >= 0.3 is 0 Å². The quantitative estimate of drug-likeness (QED) is 0.271. The minimum absolute atomic E-state index is 0.0496. The van der Waals surface area contributed by atoms with Gasteiger partial charge in [0.25, 0.3) is 5.56 Å². The number of hydrazone groups is 1. The Morgan fingerprint density at radius 2 is 1.53 bits per heavy atom. The summed E-state index contributed by atoms with van der Waals surface area (Å²) in [5.41, 5.74) is 4.70. The summed E-state index contributed by atoms with van der Waals surface area (Å²) in [6, 6.07) is 19.9. The van der Waals surface area contributed by atoms with Gasteiger partial charge in [-0.05, 0) is 48.5 Å². The van der Waals surface area contributed by atoms with E-state index in [0.717, 1.165) is 5.69 Å². The fraction of sp³-hybridized carbons (Fsp3) is 0.154. The minimum atomic E-state index is -0.519. The van der Waals surface area contributed by atoms with Crippen molar-refractivity contribution in [3.05, 3.63) is 88.3 Å². The average Bonchev–Trinajstić information content (AvgIpc) is 2.94. The number of rotatable bonds is 9. The molecule has 0 aliphatic carbocycles. The van der Waals surface area contributed by atoms with Gasteiger partial charge in [-0.15, -0.1) is 0 Å². The van der Waals surface area contributed by atoms with Gasteiger partial charge in [0, 0.05) is 11.1 Å². The maximum Gasteiger partial charge on any atom is 0.292 e. The Morgan fingerprint density at radius 1 is 0.861 bits per heavy atom. The van der Waals surface area contributed by atoms with Gasteiger partial charge in [-0.2, -0.15) is 10.2 Å². The molecule has 1 heterocycles. The van der Waals surface area contributed by atoms with Gasteiger partial charge in [-0.1, -0.05) is 18.2 Å². The SMILES string of the molecule is COc1ccc(-c2n[nH]c(=O)c(/C(=N\Nc3ccccc3)c3cc(OC)c(OC)c(OC)c3)n2)cc1. The summed E-state index contributed by atoms with van der Waals surface area (Å²) in [5, 5.41) is 11.2. The lowest BCUT2D eigenvalue weighted by Crippen LogP contribution is -2.24. The molecule has 10 nitrogen and oxygen atoms in total. The summed E-state index contributed by atoms with van der Waals surface area (Å²) in [6.45, 7) is 0. The van der Waals surface area contributed by atoms with Gasteiger partial charge in [0.1, 0.15) is 11.5 Å². The number of hydrogen-bond acceptors (Lipinski definition) is 9. The third-order valence-electron chi connectivity index (χ3n) is 5.28. The van der Waals surface area contributed by atoms with Crippen LogP contribution < -0.4 is 29.9 Å². The Hall–Kier alpha value is -4.86. The molecule has 0 amide bonds. The second-order valence-corrected chi connectivity index (χ2v) is 7.42. The number of nitrogens with one attached hydrogen (secondary N) is 2. The first-order valence-corrected chi connectivity index (χ1v) is 10.9. The summed E-state index contributed by atoms with van der Waals surface area (Å²) < 4.78 is 21.7. The lowest BCUT2D eigenvalue weighted by Gasteiger charge is -2.15. The van der Waals surface area contributed by atoms with Crippen LogP contribution in [0.15, 0.2) is 76.6 Å². The molecule has 3 aromatic carbocycles. The van der Waals surface area contributed by atoms with Gasteiger partial charge in [0.15, 0.2) is 23.0 Å². The Kier molecular flexibility index (Phi) is 7.45. The fourth-order valence-corrected chi connectivity index (χ4v) is 3.47. The number of ether oxygens (including phenoxy) is 4. The van der Waals surface area contributed by atoms with Crippen LogP contribution in [-0.4, -0.2) is 49.3 Å². The largest absolute Gasteiger partial charge is 0.497 e. The molecule has 0 saturated heterocycles. The maximum atomic E-state index is 13.0. The van der Waals surface area contributed by atoms with E-state index in [1.165, 1.54) is 21.3 Å². The molecule has 0 unspecified atom stereocenters. The number of benzene rings is 3. The standard InChI is InChI=1S/C26H25N5O5/c1-33-19-12-10-16(11-13-19)25-27-23(26(32)31-30-25)22(29-28-18-8-6-5-7-9-18)17-14-20(34-2)24(36-4)21(15-17)35-3/h5-15,28H,1-4H3,(H,31,32)/b29-22-. The molecule has 0 fully saturated rings. The molecule has 0 bridgehead atoms. The first-order valence-electron chi connectivity index (χ1n) is 10.9. The second-order valence-electron chi connectivity index (χ2n) is 7.42. The van der Waals surface area contributed by atoms with Crippen molar-refractivity contribution in [1.29, 1.82) is 0 Å². The van der Waals surface area contributed by atoms with E-state index >= 15 is 0 Å². The first kappa shape index (κ1) is 24.3. The molecule has 0 saturated carbocycles. The van der Waals surface area contributed by atoms with E-state index in [0.29, 0.717) is 39.9 Å². The minimum Gasteiger partial charge on any atom is -0.497 e. The van der Waals surface area contributed by atoms with Crippen molar-refractivity contribution in [2.45, 2.75) is 0 Å². The van der Waals surface area contributed by atoms with Crippen molar-refractivity contribution in [2.75, 3.05) is 33.9 Å². The highest BCUT2D eigenvalue weighted by atomic mass is 16.5. The third-order valence-corrected chi connectivity index (χ3v) is 5.28. The number of methoxy groups -OCH3 is 4. The van der Waals surface area contributed by atoms with Gasteiger partial charge < -0.3 is 18.9 Å². The summed E-state index contributed by atoms with van der Waals surface area (Å²) in [5.74, 6) is 2.22. The number of aromatic amines is 1. The fourth-order valence-electron chi connectivity index (χ4n) is 3.47. The van der Waals surface area contributed by atoms with Crippen LogP contribution in [-0.2, 0) is 0 Å². The monoisotopic (exact) mass is 487 g/mol. The van der Waals surface area contributed by atoms with E-state index in [1.807, 2.05) is 30.3 Å². The number of H-pyrrole nitrogens is 1. The van der Waals surface area contributed by atoms with Crippen LogP contribution >= 0.6 is 0 Å². The maximum absolute atomic E-state index is 13.0. The molecule has 10 heteroatoms.